The molecule has 172 valence electrons. The van der Waals surface area contributed by atoms with Crippen LogP contribution in [0.5, 0.6) is 0 Å². The van der Waals surface area contributed by atoms with Gasteiger partial charge in [0.1, 0.15) is 0 Å². The maximum Gasteiger partial charge on any atom is 0.335 e. The molecule has 0 aliphatic carbocycles. The van der Waals surface area contributed by atoms with Gasteiger partial charge in [0.05, 0.1) is 28.3 Å². The van der Waals surface area contributed by atoms with Crippen LogP contribution in [0.1, 0.15) is 28.8 Å². The highest BCUT2D eigenvalue weighted by Crippen LogP contribution is 2.24. The average Bonchev–Trinajstić information content (AvgIpc) is 2.78. The van der Waals surface area contributed by atoms with Gasteiger partial charge in [-0.05, 0) is 54.1 Å². The van der Waals surface area contributed by atoms with E-state index < -0.39 is 5.97 Å². The minimum Gasteiger partial charge on any atom is -0.478 e. The molecule has 2 aromatic carbocycles. The lowest BCUT2D eigenvalue weighted by Gasteiger charge is -2.33. The van der Waals surface area contributed by atoms with E-state index >= 15 is 0 Å². The zero-order chi connectivity index (χ0) is 22.9. The van der Waals surface area contributed by atoms with Crippen molar-refractivity contribution in [1.29, 1.82) is 0 Å². The van der Waals surface area contributed by atoms with Gasteiger partial charge in [-0.2, -0.15) is 0 Å². The van der Waals surface area contributed by atoms with Crippen molar-refractivity contribution in [1.82, 2.24) is 10.2 Å². The molecular weight excluding hydrogens is 471 g/mol. The molecule has 0 aromatic heterocycles. The number of morpholine rings is 1. The van der Waals surface area contributed by atoms with Gasteiger partial charge in [-0.15, -0.1) is 11.8 Å². The van der Waals surface area contributed by atoms with E-state index in [4.69, 9.17) is 33.0 Å². The summed E-state index contributed by atoms with van der Waals surface area (Å²) in [6.07, 6.45) is 1.14. The molecule has 9 heteroatoms. The Hall–Kier alpha value is -1.77. The fourth-order valence-electron chi connectivity index (χ4n) is 3.38. The highest BCUT2D eigenvalue weighted by molar-refractivity contribution is 7.99. The lowest BCUT2D eigenvalue weighted by molar-refractivity contribution is -0.122. The van der Waals surface area contributed by atoms with Gasteiger partial charge < -0.3 is 15.2 Å². The molecule has 0 bridgehead atoms. The number of aromatic carboxylic acids is 1. The SMILES string of the molecule is O=C(CCCSc1ccc(C(=O)O)cc1)NC[C@H]1CN(Cc2ccc(Cl)c(Cl)c2)CCO1. The first kappa shape index (κ1) is 24.9. The van der Waals surface area contributed by atoms with Crippen molar-refractivity contribution in [3.8, 4) is 0 Å². The highest BCUT2D eigenvalue weighted by atomic mass is 35.5. The number of rotatable bonds is 10. The van der Waals surface area contributed by atoms with Crippen LogP contribution in [-0.2, 0) is 16.1 Å². The topological polar surface area (TPSA) is 78.9 Å². The van der Waals surface area contributed by atoms with Gasteiger partial charge >= 0.3 is 5.97 Å². The largest absolute Gasteiger partial charge is 0.478 e. The summed E-state index contributed by atoms with van der Waals surface area (Å²) in [5.74, 6) is -0.133. The predicted molar refractivity (Wildman–Crippen MR) is 128 cm³/mol. The Labute approximate surface area is 202 Å². The van der Waals surface area contributed by atoms with Crippen molar-refractivity contribution in [3.63, 3.8) is 0 Å². The fourth-order valence-corrected chi connectivity index (χ4v) is 4.55. The van der Waals surface area contributed by atoms with Crippen molar-refractivity contribution in [2.45, 2.75) is 30.4 Å². The van der Waals surface area contributed by atoms with Crippen molar-refractivity contribution in [2.24, 2.45) is 0 Å². The van der Waals surface area contributed by atoms with Crippen LogP contribution in [-0.4, -0.2) is 60.0 Å². The summed E-state index contributed by atoms with van der Waals surface area (Å²) in [5.41, 5.74) is 1.37. The standard InChI is InChI=1S/C23H26Cl2N2O4S/c24-20-8-3-16(12-21(20)25)14-27-9-10-31-18(15-27)13-26-22(28)2-1-11-32-19-6-4-17(5-7-19)23(29)30/h3-8,12,18H,1-2,9-11,13-15H2,(H,26,28)(H,29,30)/t18-/m0/s1. The molecule has 1 atom stereocenters. The quantitative estimate of drug-likeness (QED) is 0.370. The molecule has 3 rings (SSSR count). The first-order chi connectivity index (χ1) is 15.4. The van der Waals surface area contributed by atoms with Crippen LogP contribution in [0.2, 0.25) is 10.0 Å². The number of hydrogen-bond donors (Lipinski definition) is 2. The number of halogens is 2. The van der Waals surface area contributed by atoms with Gasteiger partial charge in [-0.25, -0.2) is 4.79 Å². The lowest BCUT2D eigenvalue weighted by Crippen LogP contribution is -2.47. The molecule has 1 aliphatic heterocycles. The minimum atomic E-state index is -0.933. The number of ether oxygens (including phenoxy) is 1. The Morgan fingerprint density at radius 3 is 2.66 bits per heavy atom. The number of nitrogens with one attached hydrogen (secondary N) is 1. The molecule has 0 radical (unpaired) electrons. The number of benzene rings is 2. The molecular formula is C23H26Cl2N2O4S. The monoisotopic (exact) mass is 496 g/mol. The summed E-state index contributed by atoms with van der Waals surface area (Å²) in [6, 6.07) is 12.4. The zero-order valence-corrected chi connectivity index (χ0v) is 19.9. The summed E-state index contributed by atoms with van der Waals surface area (Å²) >= 11 is 13.7. The van der Waals surface area contributed by atoms with Gasteiger partial charge in [0.2, 0.25) is 5.91 Å². The average molecular weight is 497 g/mol. The van der Waals surface area contributed by atoms with Gasteiger partial charge in [0.25, 0.3) is 0 Å². The second kappa shape index (κ2) is 12.5. The van der Waals surface area contributed by atoms with Crippen LogP contribution in [0, 0.1) is 0 Å². The number of hydrogen-bond acceptors (Lipinski definition) is 5. The van der Waals surface area contributed by atoms with Crippen molar-refractivity contribution in [3.05, 3.63) is 63.6 Å². The van der Waals surface area contributed by atoms with E-state index in [0.717, 1.165) is 42.3 Å². The first-order valence-corrected chi connectivity index (χ1v) is 12.2. The molecule has 1 heterocycles. The molecule has 1 saturated heterocycles. The van der Waals surface area contributed by atoms with E-state index in [-0.39, 0.29) is 17.6 Å². The normalized spacial score (nSPS) is 16.6. The number of carbonyl (C=O) groups is 2. The third-order valence-corrected chi connectivity index (χ3v) is 6.90. The minimum absolute atomic E-state index is 0.0111. The van der Waals surface area contributed by atoms with E-state index in [1.165, 1.54) is 0 Å². The maximum absolute atomic E-state index is 12.2. The first-order valence-electron chi connectivity index (χ1n) is 10.4. The number of carbonyl (C=O) groups excluding carboxylic acids is 1. The van der Waals surface area contributed by atoms with Crippen molar-refractivity contribution >= 4 is 46.8 Å². The third kappa shape index (κ3) is 7.98. The number of carboxylic acid groups (broad SMARTS) is 1. The number of thioether (sulfide) groups is 1. The fraction of sp³-hybridized carbons (Fsp3) is 0.391. The summed E-state index contributed by atoms with van der Waals surface area (Å²) in [6.45, 7) is 3.44. The molecule has 0 unspecified atom stereocenters. The Kier molecular flexibility index (Phi) is 9.69. The van der Waals surface area contributed by atoms with Crippen LogP contribution in [0.3, 0.4) is 0 Å². The molecule has 1 fully saturated rings. The molecule has 6 nitrogen and oxygen atoms in total. The summed E-state index contributed by atoms with van der Waals surface area (Å²) in [5, 5.41) is 13.0. The zero-order valence-electron chi connectivity index (χ0n) is 17.6. The molecule has 1 aliphatic rings. The van der Waals surface area contributed by atoms with Crippen LogP contribution < -0.4 is 5.32 Å². The number of amides is 1. The Morgan fingerprint density at radius 1 is 1.16 bits per heavy atom. The molecule has 2 N–H and O–H groups in total. The van der Waals surface area contributed by atoms with Crippen molar-refractivity contribution < 1.29 is 19.4 Å². The summed E-state index contributed by atoms with van der Waals surface area (Å²) < 4.78 is 5.80. The molecule has 2 aromatic rings. The second-order valence-electron chi connectivity index (χ2n) is 7.56. The van der Waals surface area contributed by atoms with E-state index in [1.807, 2.05) is 12.1 Å². The second-order valence-corrected chi connectivity index (χ2v) is 9.54. The van der Waals surface area contributed by atoms with Gasteiger partial charge in [-0.1, -0.05) is 29.3 Å². The van der Waals surface area contributed by atoms with Crippen LogP contribution in [0.15, 0.2) is 47.4 Å². The Morgan fingerprint density at radius 2 is 1.94 bits per heavy atom. The number of nitrogens with zero attached hydrogens (tertiary/aromatic N) is 1. The van der Waals surface area contributed by atoms with E-state index in [2.05, 4.69) is 10.2 Å². The van der Waals surface area contributed by atoms with E-state index in [1.54, 1.807) is 42.1 Å². The molecule has 0 spiro atoms. The van der Waals surface area contributed by atoms with E-state index in [0.29, 0.717) is 29.6 Å². The smallest absolute Gasteiger partial charge is 0.335 e. The maximum atomic E-state index is 12.2. The van der Waals surface area contributed by atoms with Crippen molar-refractivity contribution in [2.75, 3.05) is 32.0 Å². The van der Waals surface area contributed by atoms with Crippen LogP contribution in [0.25, 0.3) is 0 Å². The Bertz CT molecular complexity index is 927. The van der Waals surface area contributed by atoms with E-state index in [9.17, 15) is 9.59 Å². The molecule has 1 amide bonds. The van der Waals surface area contributed by atoms with Crippen LogP contribution >= 0.6 is 35.0 Å². The molecule has 0 saturated carbocycles. The summed E-state index contributed by atoms with van der Waals surface area (Å²) in [7, 11) is 0. The lowest BCUT2D eigenvalue weighted by atomic mass is 10.2. The van der Waals surface area contributed by atoms with Gasteiger partial charge in [0, 0.05) is 37.5 Å². The third-order valence-electron chi connectivity index (χ3n) is 5.06. The Balaban J connectivity index is 1.32. The van der Waals surface area contributed by atoms with Gasteiger partial charge in [0.15, 0.2) is 0 Å². The predicted octanol–water partition coefficient (Wildman–Crippen LogP) is 4.58. The molecule has 32 heavy (non-hydrogen) atoms. The highest BCUT2D eigenvalue weighted by Gasteiger charge is 2.21. The number of carboxylic acids is 1. The van der Waals surface area contributed by atoms with Gasteiger partial charge in [-0.3, -0.25) is 9.69 Å². The van der Waals surface area contributed by atoms with Crippen LogP contribution in [0.4, 0.5) is 0 Å². The summed E-state index contributed by atoms with van der Waals surface area (Å²) in [4.78, 5) is 26.3.